The molecule has 0 aromatic heterocycles. The number of rotatable bonds is 4. The Morgan fingerprint density at radius 3 is 2.43 bits per heavy atom. The second kappa shape index (κ2) is 4.28. The normalized spacial score (nSPS) is 17.1. The molecule has 0 aromatic carbocycles. The van der Waals surface area contributed by atoms with Crippen LogP contribution >= 0.6 is 0 Å². The van der Waals surface area contributed by atoms with E-state index in [9.17, 15) is 9.90 Å². The van der Waals surface area contributed by atoms with Crippen molar-refractivity contribution in [1.29, 1.82) is 0 Å². The summed E-state index contributed by atoms with van der Waals surface area (Å²) in [5, 5.41) is 9.54. The molecule has 1 amide bonds. The molecule has 82 valence electrons. The van der Waals surface area contributed by atoms with Crippen molar-refractivity contribution in [3.8, 4) is 0 Å². The van der Waals surface area contributed by atoms with Gasteiger partial charge in [0.05, 0.1) is 12.1 Å². The molecule has 0 aromatic rings. The summed E-state index contributed by atoms with van der Waals surface area (Å²) in [6.07, 6.45) is 1.13. The highest BCUT2D eigenvalue weighted by atomic mass is 16.3. The van der Waals surface area contributed by atoms with Crippen LogP contribution in [0.2, 0.25) is 0 Å². The monoisotopic (exact) mass is 200 g/mol. The smallest absolute Gasteiger partial charge is 0.236 e. The lowest BCUT2D eigenvalue weighted by Gasteiger charge is -2.33. The first-order valence-electron chi connectivity index (χ1n) is 5.07. The summed E-state index contributed by atoms with van der Waals surface area (Å²) >= 11 is 0. The van der Waals surface area contributed by atoms with Crippen LogP contribution in [0.15, 0.2) is 0 Å². The molecule has 0 spiro atoms. The van der Waals surface area contributed by atoms with E-state index < -0.39 is 5.60 Å². The van der Waals surface area contributed by atoms with Crippen LogP contribution in [0.4, 0.5) is 0 Å². The van der Waals surface area contributed by atoms with Crippen LogP contribution in [0.25, 0.3) is 0 Å². The van der Waals surface area contributed by atoms with Crippen LogP contribution in [-0.2, 0) is 4.79 Å². The van der Waals surface area contributed by atoms with Gasteiger partial charge in [-0.3, -0.25) is 9.69 Å². The zero-order chi connectivity index (χ0) is 10.8. The van der Waals surface area contributed by atoms with Crippen molar-refractivity contribution in [2.45, 2.75) is 25.9 Å². The summed E-state index contributed by atoms with van der Waals surface area (Å²) in [5.74, 6) is 0.169. The number of hydrogen-bond acceptors (Lipinski definition) is 3. The topological polar surface area (TPSA) is 43.8 Å². The molecule has 4 nitrogen and oxygen atoms in total. The minimum Gasteiger partial charge on any atom is -0.389 e. The third-order valence-corrected chi connectivity index (χ3v) is 2.27. The summed E-state index contributed by atoms with van der Waals surface area (Å²) in [4.78, 5) is 15.2. The van der Waals surface area contributed by atoms with Gasteiger partial charge in [-0.1, -0.05) is 0 Å². The number of amides is 1. The molecular weight excluding hydrogens is 180 g/mol. The Kier molecular flexibility index (Phi) is 3.50. The first-order valence-corrected chi connectivity index (χ1v) is 5.07. The number of nitrogens with zero attached hydrogens (tertiary/aromatic N) is 2. The van der Waals surface area contributed by atoms with Crippen LogP contribution < -0.4 is 0 Å². The third kappa shape index (κ3) is 3.64. The van der Waals surface area contributed by atoms with Gasteiger partial charge in [0.15, 0.2) is 0 Å². The number of aliphatic hydroxyl groups is 1. The van der Waals surface area contributed by atoms with Crippen LogP contribution in [0, 0.1) is 0 Å². The summed E-state index contributed by atoms with van der Waals surface area (Å²) in [7, 11) is 1.86. The molecule has 1 N–H and O–H groups in total. The van der Waals surface area contributed by atoms with Gasteiger partial charge in [-0.05, 0) is 27.3 Å². The first-order chi connectivity index (χ1) is 6.38. The third-order valence-electron chi connectivity index (χ3n) is 2.27. The summed E-state index contributed by atoms with van der Waals surface area (Å²) in [6, 6.07) is 0. The van der Waals surface area contributed by atoms with Crippen molar-refractivity contribution in [2.75, 3.05) is 33.2 Å². The maximum atomic E-state index is 11.5. The number of likely N-dealkylation sites (tertiary alicyclic amines) is 1. The van der Waals surface area contributed by atoms with Crippen LogP contribution in [0.3, 0.4) is 0 Å². The molecule has 0 unspecified atom stereocenters. The number of hydrogen-bond donors (Lipinski definition) is 1. The predicted molar refractivity (Wildman–Crippen MR) is 55.0 cm³/mol. The molecule has 1 fully saturated rings. The Labute approximate surface area is 85.5 Å². The lowest BCUT2D eigenvalue weighted by molar-refractivity contribution is -0.136. The number of carbonyl (C=O) groups is 1. The lowest BCUT2D eigenvalue weighted by atomic mass is 10.1. The highest BCUT2D eigenvalue weighted by molar-refractivity contribution is 5.78. The van der Waals surface area contributed by atoms with E-state index in [-0.39, 0.29) is 5.91 Å². The fourth-order valence-corrected chi connectivity index (χ4v) is 1.61. The summed E-state index contributed by atoms with van der Waals surface area (Å²) in [6.45, 7) is 6.22. The lowest BCUT2D eigenvalue weighted by Crippen LogP contribution is -2.48. The van der Waals surface area contributed by atoms with E-state index in [1.807, 2.05) is 16.8 Å². The average Bonchev–Trinajstić information content (AvgIpc) is 1.75. The zero-order valence-electron chi connectivity index (χ0n) is 9.29. The molecule has 0 saturated carbocycles. The maximum absolute atomic E-state index is 11.5. The fraction of sp³-hybridized carbons (Fsp3) is 0.900. The predicted octanol–water partition coefficient (Wildman–Crippen LogP) is -0.0786. The summed E-state index contributed by atoms with van der Waals surface area (Å²) < 4.78 is 0. The van der Waals surface area contributed by atoms with Crippen molar-refractivity contribution < 1.29 is 9.90 Å². The van der Waals surface area contributed by atoms with Crippen molar-refractivity contribution in [2.24, 2.45) is 0 Å². The molecular formula is C10H20N2O2. The van der Waals surface area contributed by atoms with E-state index in [0.29, 0.717) is 13.1 Å². The van der Waals surface area contributed by atoms with E-state index in [1.54, 1.807) is 13.8 Å². The second-order valence-corrected chi connectivity index (χ2v) is 4.72. The molecule has 1 aliphatic heterocycles. The second-order valence-electron chi connectivity index (χ2n) is 4.72. The van der Waals surface area contributed by atoms with Gasteiger partial charge in [0.1, 0.15) is 0 Å². The Balaban J connectivity index is 2.25. The Hall–Kier alpha value is -0.610. The Morgan fingerprint density at radius 1 is 1.50 bits per heavy atom. The molecule has 0 aliphatic carbocycles. The quantitative estimate of drug-likeness (QED) is 0.690. The van der Waals surface area contributed by atoms with E-state index in [4.69, 9.17) is 0 Å². The largest absolute Gasteiger partial charge is 0.389 e. The van der Waals surface area contributed by atoms with Gasteiger partial charge in [-0.2, -0.15) is 0 Å². The minimum atomic E-state index is -0.732. The van der Waals surface area contributed by atoms with Crippen LogP contribution in [-0.4, -0.2) is 59.6 Å². The molecule has 1 heterocycles. The zero-order valence-corrected chi connectivity index (χ0v) is 9.29. The highest BCUT2D eigenvalue weighted by Gasteiger charge is 2.23. The molecule has 1 rings (SSSR count). The van der Waals surface area contributed by atoms with Gasteiger partial charge in [0.2, 0.25) is 5.91 Å². The Morgan fingerprint density at radius 2 is 2.07 bits per heavy atom. The standard InChI is InChI=1S/C10H20N2O2/c1-10(2,14)8-11(3)7-9(13)12-5-4-6-12/h14H,4-8H2,1-3H3. The van der Waals surface area contributed by atoms with Gasteiger partial charge in [0.25, 0.3) is 0 Å². The van der Waals surface area contributed by atoms with Gasteiger partial charge < -0.3 is 10.0 Å². The van der Waals surface area contributed by atoms with Crippen LogP contribution in [0.5, 0.6) is 0 Å². The van der Waals surface area contributed by atoms with Crippen molar-refractivity contribution in [3.05, 3.63) is 0 Å². The molecule has 1 aliphatic rings. The van der Waals surface area contributed by atoms with E-state index >= 15 is 0 Å². The molecule has 1 saturated heterocycles. The molecule has 14 heavy (non-hydrogen) atoms. The SMILES string of the molecule is CN(CC(=O)N1CCC1)CC(C)(C)O. The molecule has 0 radical (unpaired) electrons. The van der Waals surface area contributed by atoms with Crippen molar-refractivity contribution in [3.63, 3.8) is 0 Å². The molecule has 0 atom stereocenters. The number of likely N-dealkylation sites (N-methyl/N-ethyl adjacent to an activating group) is 1. The van der Waals surface area contributed by atoms with E-state index in [2.05, 4.69) is 0 Å². The average molecular weight is 200 g/mol. The first kappa shape index (κ1) is 11.5. The number of carbonyl (C=O) groups excluding carboxylic acids is 1. The molecule has 4 heteroatoms. The fourth-order valence-electron chi connectivity index (χ4n) is 1.61. The summed E-state index contributed by atoms with van der Waals surface area (Å²) in [5.41, 5.74) is -0.732. The Bertz CT molecular complexity index is 207. The van der Waals surface area contributed by atoms with Crippen LogP contribution in [0.1, 0.15) is 20.3 Å². The van der Waals surface area contributed by atoms with Gasteiger partial charge in [-0.25, -0.2) is 0 Å². The van der Waals surface area contributed by atoms with Gasteiger partial charge in [0, 0.05) is 19.6 Å². The van der Waals surface area contributed by atoms with Gasteiger partial charge in [-0.15, -0.1) is 0 Å². The van der Waals surface area contributed by atoms with Crippen molar-refractivity contribution >= 4 is 5.91 Å². The minimum absolute atomic E-state index is 0.169. The van der Waals surface area contributed by atoms with Crippen molar-refractivity contribution in [1.82, 2.24) is 9.80 Å². The van der Waals surface area contributed by atoms with Gasteiger partial charge >= 0.3 is 0 Å². The maximum Gasteiger partial charge on any atom is 0.236 e. The van der Waals surface area contributed by atoms with E-state index in [1.165, 1.54) is 0 Å². The highest BCUT2D eigenvalue weighted by Crippen LogP contribution is 2.08. The van der Waals surface area contributed by atoms with E-state index in [0.717, 1.165) is 19.5 Å². The molecule has 0 bridgehead atoms.